The van der Waals surface area contributed by atoms with Crippen LogP contribution in [0.4, 0.5) is 4.79 Å². The maximum absolute atomic E-state index is 13.5. The summed E-state index contributed by atoms with van der Waals surface area (Å²) >= 11 is 5.90. The highest BCUT2D eigenvalue weighted by atomic mass is 35.5. The Morgan fingerprint density at radius 3 is 2.28 bits per heavy atom. The van der Waals surface area contributed by atoms with Gasteiger partial charge in [-0.25, -0.2) is 4.79 Å². The largest absolute Gasteiger partial charge is 0.465 e. The summed E-state index contributed by atoms with van der Waals surface area (Å²) in [6, 6.07) is 15.2. The number of amides is 3. The molecule has 0 fully saturated rings. The number of hydrogen-bond donors (Lipinski definition) is 4. The number of hydroxylamine groups is 1. The Morgan fingerprint density at radius 2 is 1.67 bits per heavy atom. The highest BCUT2D eigenvalue weighted by molar-refractivity contribution is 6.29. The molecule has 0 saturated heterocycles. The van der Waals surface area contributed by atoms with E-state index in [9.17, 15) is 19.2 Å². The Kier molecular flexibility index (Phi) is 11.0. The van der Waals surface area contributed by atoms with Crippen LogP contribution in [0.15, 0.2) is 71.9 Å². The molecule has 1 unspecified atom stereocenters. The Morgan fingerprint density at radius 1 is 1.00 bits per heavy atom. The number of alkyl carbamates (subject to hydrolysis) is 1. The van der Waals surface area contributed by atoms with E-state index in [1.54, 1.807) is 61.5 Å². The Balaban J connectivity index is 1.76. The molecule has 1 aliphatic rings. The summed E-state index contributed by atoms with van der Waals surface area (Å²) in [5, 5.41) is 5.68. The lowest BCUT2D eigenvalue weighted by atomic mass is 10.0. The molecule has 3 rings (SSSR count). The fraction of sp³-hybridized carbons (Fsp3) is 0.333. The van der Waals surface area contributed by atoms with Crippen molar-refractivity contribution in [3.63, 3.8) is 0 Å². The summed E-state index contributed by atoms with van der Waals surface area (Å²) in [6.45, 7) is 1.27. The number of ether oxygens (including phenoxy) is 2. The summed E-state index contributed by atoms with van der Waals surface area (Å²) in [5.41, 5.74) is 3.85. The smallest absolute Gasteiger partial charge is 0.408 e. The summed E-state index contributed by atoms with van der Waals surface area (Å²) in [6.07, 6.45) is -0.291. The van der Waals surface area contributed by atoms with Crippen molar-refractivity contribution in [2.75, 3.05) is 13.2 Å². The molecule has 2 aromatic carbocycles. The van der Waals surface area contributed by atoms with Gasteiger partial charge in [0, 0.05) is 12.8 Å². The van der Waals surface area contributed by atoms with Crippen LogP contribution in [-0.4, -0.2) is 55.2 Å². The average molecular weight is 560 g/mol. The monoisotopic (exact) mass is 559 g/mol. The first kappa shape index (κ1) is 27.9. The molecule has 3 amide bonds. The number of hydrogen-bond acceptors (Lipinski definition) is 8. The minimum atomic E-state index is -1.35. The van der Waals surface area contributed by atoms with E-state index in [0.29, 0.717) is 16.4 Å². The highest BCUT2D eigenvalue weighted by Gasteiger charge is 2.31. The zero-order chi connectivity index (χ0) is 28.9. The molecule has 1 heterocycles. The third-order valence-corrected chi connectivity index (χ3v) is 5.70. The second-order valence-corrected chi connectivity index (χ2v) is 8.87. The summed E-state index contributed by atoms with van der Waals surface area (Å²) in [5.74, 6) is -2.13. The van der Waals surface area contributed by atoms with Gasteiger partial charge in [-0.1, -0.05) is 72.3 Å². The van der Waals surface area contributed by atoms with E-state index in [0.717, 1.165) is 0 Å². The van der Waals surface area contributed by atoms with Crippen molar-refractivity contribution >= 4 is 35.5 Å². The lowest BCUT2D eigenvalue weighted by molar-refractivity contribution is -0.143. The van der Waals surface area contributed by atoms with Crippen LogP contribution >= 0.6 is 11.6 Å². The summed E-state index contributed by atoms with van der Waals surface area (Å²) in [4.78, 5) is 56.3. The van der Waals surface area contributed by atoms with Crippen LogP contribution in [0.3, 0.4) is 0 Å². The van der Waals surface area contributed by atoms with E-state index in [2.05, 4.69) is 16.1 Å². The van der Waals surface area contributed by atoms with Crippen molar-refractivity contribution < 1.29 is 34.9 Å². The van der Waals surface area contributed by atoms with Gasteiger partial charge < -0.3 is 25.4 Å². The van der Waals surface area contributed by atoms with Gasteiger partial charge in [0.25, 0.3) is 0 Å². The summed E-state index contributed by atoms with van der Waals surface area (Å²) in [7, 11) is 0. The van der Waals surface area contributed by atoms with Crippen LogP contribution in [0.1, 0.15) is 24.5 Å². The minimum absolute atomic E-state index is 0.0268. The Hall–Kier alpha value is -4.09. The SMILES string of the molecule is [2H]N(C(=O)OCc1ccccc1)[C@@H](Cc1ccccc1)C(=O)N[C@@H](CC1C=C(Cl)NO1)C(=O)NCC(=O)OCC. The maximum atomic E-state index is 13.5. The predicted molar refractivity (Wildman–Crippen MR) is 142 cm³/mol. The lowest BCUT2D eigenvalue weighted by Crippen LogP contribution is -2.55. The van der Waals surface area contributed by atoms with Crippen molar-refractivity contribution in [1.82, 2.24) is 21.4 Å². The molecular formula is C27H31ClN4O7. The molecule has 208 valence electrons. The fourth-order valence-corrected chi connectivity index (χ4v) is 3.81. The molecule has 0 bridgehead atoms. The van der Waals surface area contributed by atoms with Crippen molar-refractivity contribution in [1.29, 1.82) is 0 Å². The van der Waals surface area contributed by atoms with Crippen LogP contribution in [0.25, 0.3) is 0 Å². The standard InChI is InChI=1S/C27H31ClN4O7/c1-2-37-24(33)16-29-25(34)22(14-20-15-23(28)32-39-20)30-26(35)21(13-18-9-5-3-6-10-18)31-27(36)38-17-19-11-7-4-8-12-19/h3-12,15,20-22,32H,2,13-14,16-17H2,1H3,(H,29,34)(H,30,35)(H,31,36)/t20?,21-,22-/m0/s1/i/hD. The molecule has 0 aliphatic carbocycles. The molecule has 39 heavy (non-hydrogen) atoms. The molecule has 11 nitrogen and oxygen atoms in total. The molecule has 12 heteroatoms. The maximum Gasteiger partial charge on any atom is 0.408 e. The van der Waals surface area contributed by atoms with Gasteiger partial charge in [0.15, 0.2) is 1.41 Å². The lowest BCUT2D eigenvalue weighted by Gasteiger charge is -2.24. The van der Waals surface area contributed by atoms with Gasteiger partial charge in [0.1, 0.15) is 36.5 Å². The molecule has 2 aromatic rings. The van der Waals surface area contributed by atoms with E-state index in [-0.39, 0.29) is 31.2 Å². The number of benzene rings is 2. The number of rotatable bonds is 13. The number of halogens is 1. The van der Waals surface area contributed by atoms with Crippen molar-refractivity contribution in [2.24, 2.45) is 0 Å². The van der Waals surface area contributed by atoms with Gasteiger partial charge in [0.2, 0.25) is 11.8 Å². The van der Waals surface area contributed by atoms with Gasteiger partial charge in [-0.05, 0) is 24.1 Å². The zero-order valence-electron chi connectivity index (χ0n) is 22.3. The van der Waals surface area contributed by atoms with Crippen molar-refractivity contribution in [3.8, 4) is 0 Å². The van der Waals surface area contributed by atoms with Gasteiger partial charge in [0.05, 0.1) is 6.61 Å². The number of carbonyl (C=O) groups is 4. The third-order valence-electron chi connectivity index (χ3n) is 5.49. The number of carbonyl (C=O) groups excluding carboxylic acids is 4. The molecule has 0 spiro atoms. The Labute approximate surface area is 232 Å². The number of esters is 1. The second kappa shape index (κ2) is 15.4. The third kappa shape index (κ3) is 10.3. The van der Waals surface area contributed by atoms with Crippen molar-refractivity contribution in [2.45, 2.75) is 44.6 Å². The second-order valence-electron chi connectivity index (χ2n) is 8.47. The fourth-order valence-electron chi connectivity index (χ4n) is 3.62. The quantitative estimate of drug-likeness (QED) is 0.216. The first-order valence-corrected chi connectivity index (χ1v) is 12.7. The van der Waals surface area contributed by atoms with Crippen LogP contribution < -0.4 is 21.4 Å². The average Bonchev–Trinajstić information content (AvgIpc) is 3.38. The van der Waals surface area contributed by atoms with Crippen LogP contribution in [0.5, 0.6) is 0 Å². The topological polar surface area (TPSA) is 144 Å². The molecular weight excluding hydrogens is 528 g/mol. The zero-order valence-corrected chi connectivity index (χ0v) is 22.1. The molecule has 1 aliphatic heterocycles. The molecule has 0 radical (unpaired) electrons. The predicted octanol–water partition coefficient (Wildman–Crippen LogP) is 2.06. The van der Waals surface area contributed by atoms with Crippen molar-refractivity contribution in [3.05, 3.63) is 83.0 Å². The van der Waals surface area contributed by atoms with Crippen LogP contribution in [0, 0.1) is 0 Å². The Bertz CT molecular complexity index is 1190. The number of nitrogens with one attached hydrogen (secondary N) is 4. The first-order chi connectivity index (χ1) is 19.3. The molecule has 0 saturated carbocycles. The van der Waals surface area contributed by atoms with E-state index in [1.807, 2.05) is 6.07 Å². The first-order valence-electron chi connectivity index (χ1n) is 12.8. The van der Waals surface area contributed by atoms with E-state index >= 15 is 0 Å². The van der Waals surface area contributed by atoms with Gasteiger partial charge in [-0.15, -0.1) is 0 Å². The van der Waals surface area contributed by atoms with Crippen LogP contribution in [0.2, 0.25) is 1.41 Å². The van der Waals surface area contributed by atoms with Gasteiger partial charge in [-0.2, -0.15) is 0 Å². The van der Waals surface area contributed by atoms with E-state index in [1.165, 1.54) is 6.08 Å². The van der Waals surface area contributed by atoms with Gasteiger partial charge in [-0.3, -0.25) is 24.7 Å². The molecule has 3 atom stereocenters. The van der Waals surface area contributed by atoms with E-state index in [4.69, 9.17) is 27.3 Å². The normalized spacial score (nSPS) is 16.0. The minimum Gasteiger partial charge on any atom is -0.465 e. The van der Waals surface area contributed by atoms with Gasteiger partial charge >= 0.3 is 12.1 Å². The van der Waals surface area contributed by atoms with E-state index < -0.39 is 48.6 Å². The summed E-state index contributed by atoms with van der Waals surface area (Å²) < 4.78 is 18.5. The highest BCUT2D eigenvalue weighted by Crippen LogP contribution is 2.15. The molecule has 4 N–H and O–H groups in total. The van der Waals surface area contributed by atoms with Crippen LogP contribution in [-0.2, 0) is 41.7 Å². The molecule has 0 aromatic heterocycles.